The Kier molecular flexibility index (Phi) is 5.87. The molecule has 6 heteroatoms. The number of likely N-dealkylation sites (tertiary alicyclic amines) is 1. The first-order valence-electron chi connectivity index (χ1n) is 9.57. The summed E-state index contributed by atoms with van der Waals surface area (Å²) in [5, 5.41) is 10.2. The van der Waals surface area contributed by atoms with Gasteiger partial charge in [-0.1, -0.05) is 26.2 Å². The second-order valence-corrected chi connectivity index (χ2v) is 7.45. The fourth-order valence-corrected chi connectivity index (χ4v) is 4.30. The number of hydrogen-bond donors (Lipinski definition) is 2. The third kappa shape index (κ3) is 4.35. The maximum atomic E-state index is 12.4. The Hall–Kier alpha value is -1.43. The SMILES string of the molecule is CCC[C@H]1CN(C2CCCC2)C[C@@H]1NC(=O)CCc1n[nH]c(C)n1. The fourth-order valence-electron chi connectivity index (χ4n) is 4.30. The molecule has 1 aromatic rings. The van der Waals surface area contributed by atoms with Crippen LogP contribution in [0.2, 0.25) is 0 Å². The Morgan fingerprint density at radius 3 is 2.79 bits per heavy atom. The smallest absolute Gasteiger partial charge is 0.220 e. The first-order chi connectivity index (χ1) is 11.7. The summed E-state index contributed by atoms with van der Waals surface area (Å²) in [4.78, 5) is 19.3. The van der Waals surface area contributed by atoms with E-state index in [1.54, 1.807) is 0 Å². The van der Waals surface area contributed by atoms with Crippen molar-refractivity contribution in [3.63, 3.8) is 0 Å². The first-order valence-corrected chi connectivity index (χ1v) is 9.57. The van der Waals surface area contributed by atoms with Crippen molar-refractivity contribution in [1.29, 1.82) is 0 Å². The van der Waals surface area contributed by atoms with Crippen LogP contribution in [-0.2, 0) is 11.2 Å². The number of aromatic amines is 1. The van der Waals surface area contributed by atoms with E-state index in [2.05, 4.69) is 32.3 Å². The van der Waals surface area contributed by atoms with Gasteiger partial charge in [0.15, 0.2) is 5.82 Å². The highest BCUT2D eigenvalue weighted by atomic mass is 16.1. The first kappa shape index (κ1) is 17.4. The highest BCUT2D eigenvalue weighted by Crippen LogP contribution is 2.30. The summed E-state index contributed by atoms with van der Waals surface area (Å²) in [6.45, 7) is 6.30. The monoisotopic (exact) mass is 333 g/mol. The van der Waals surface area contributed by atoms with Gasteiger partial charge < -0.3 is 5.32 Å². The van der Waals surface area contributed by atoms with Gasteiger partial charge in [-0.2, -0.15) is 5.10 Å². The Morgan fingerprint density at radius 2 is 2.12 bits per heavy atom. The topological polar surface area (TPSA) is 73.9 Å². The van der Waals surface area contributed by atoms with Crippen LogP contribution >= 0.6 is 0 Å². The third-order valence-electron chi connectivity index (χ3n) is 5.54. The molecule has 0 radical (unpaired) electrons. The van der Waals surface area contributed by atoms with Crippen LogP contribution in [-0.4, -0.2) is 51.2 Å². The number of H-pyrrole nitrogens is 1. The van der Waals surface area contributed by atoms with Crippen LogP contribution in [0, 0.1) is 12.8 Å². The van der Waals surface area contributed by atoms with Crippen molar-refractivity contribution >= 4 is 5.91 Å². The van der Waals surface area contributed by atoms with Crippen LogP contribution < -0.4 is 5.32 Å². The molecule has 2 aliphatic rings. The highest BCUT2D eigenvalue weighted by Gasteiger charge is 2.36. The molecule has 1 aliphatic heterocycles. The van der Waals surface area contributed by atoms with E-state index >= 15 is 0 Å². The van der Waals surface area contributed by atoms with Gasteiger partial charge in [0.1, 0.15) is 5.82 Å². The van der Waals surface area contributed by atoms with Crippen LogP contribution in [0.4, 0.5) is 0 Å². The lowest BCUT2D eigenvalue weighted by atomic mass is 9.98. The van der Waals surface area contributed by atoms with Crippen molar-refractivity contribution in [1.82, 2.24) is 25.4 Å². The molecule has 2 atom stereocenters. The molecular weight excluding hydrogens is 302 g/mol. The summed E-state index contributed by atoms with van der Waals surface area (Å²) in [6, 6.07) is 1.06. The number of aryl methyl sites for hydroxylation is 2. The number of aromatic nitrogens is 3. The lowest BCUT2D eigenvalue weighted by Gasteiger charge is -2.23. The van der Waals surface area contributed by atoms with Crippen molar-refractivity contribution < 1.29 is 4.79 Å². The van der Waals surface area contributed by atoms with Gasteiger partial charge in [0.25, 0.3) is 0 Å². The second kappa shape index (κ2) is 8.10. The number of nitrogens with one attached hydrogen (secondary N) is 2. The molecule has 1 aromatic heterocycles. The number of carbonyl (C=O) groups is 1. The molecule has 0 aromatic carbocycles. The number of hydrogen-bond acceptors (Lipinski definition) is 4. The molecule has 2 fully saturated rings. The van der Waals surface area contributed by atoms with Crippen LogP contribution in [0.3, 0.4) is 0 Å². The normalized spacial score (nSPS) is 25.4. The molecule has 134 valence electrons. The van der Waals surface area contributed by atoms with E-state index in [0.29, 0.717) is 24.8 Å². The molecule has 1 saturated heterocycles. The van der Waals surface area contributed by atoms with E-state index in [9.17, 15) is 4.79 Å². The predicted molar refractivity (Wildman–Crippen MR) is 93.6 cm³/mol. The van der Waals surface area contributed by atoms with Crippen LogP contribution in [0.25, 0.3) is 0 Å². The number of carbonyl (C=O) groups excluding carboxylic acids is 1. The lowest BCUT2D eigenvalue weighted by molar-refractivity contribution is -0.122. The molecule has 1 saturated carbocycles. The van der Waals surface area contributed by atoms with Gasteiger partial charge in [0.05, 0.1) is 0 Å². The summed E-state index contributed by atoms with van der Waals surface area (Å²) in [6.07, 6.45) is 8.87. The second-order valence-electron chi connectivity index (χ2n) is 7.45. The average molecular weight is 333 g/mol. The molecule has 3 rings (SSSR count). The molecule has 0 bridgehead atoms. The zero-order valence-electron chi connectivity index (χ0n) is 15.1. The molecule has 1 aliphatic carbocycles. The Balaban J connectivity index is 1.50. The summed E-state index contributed by atoms with van der Waals surface area (Å²) in [7, 11) is 0. The van der Waals surface area contributed by atoms with E-state index in [1.807, 2.05) is 6.92 Å². The van der Waals surface area contributed by atoms with Gasteiger partial charge in [-0.3, -0.25) is 14.8 Å². The third-order valence-corrected chi connectivity index (χ3v) is 5.54. The van der Waals surface area contributed by atoms with E-state index < -0.39 is 0 Å². The van der Waals surface area contributed by atoms with Crippen molar-refractivity contribution in [2.45, 2.75) is 77.3 Å². The average Bonchev–Trinajstić information content (AvgIpc) is 3.27. The maximum Gasteiger partial charge on any atom is 0.220 e. The van der Waals surface area contributed by atoms with Crippen molar-refractivity contribution in [2.75, 3.05) is 13.1 Å². The van der Waals surface area contributed by atoms with E-state index in [0.717, 1.165) is 30.8 Å². The quantitative estimate of drug-likeness (QED) is 0.802. The molecule has 6 nitrogen and oxygen atoms in total. The zero-order chi connectivity index (χ0) is 16.9. The highest BCUT2D eigenvalue weighted by molar-refractivity contribution is 5.76. The number of nitrogens with zero attached hydrogens (tertiary/aromatic N) is 3. The van der Waals surface area contributed by atoms with Gasteiger partial charge in [0, 0.05) is 38.0 Å². The number of rotatable bonds is 7. The van der Waals surface area contributed by atoms with E-state index in [4.69, 9.17) is 0 Å². The largest absolute Gasteiger partial charge is 0.352 e. The van der Waals surface area contributed by atoms with Crippen molar-refractivity contribution in [3.05, 3.63) is 11.6 Å². The summed E-state index contributed by atoms with van der Waals surface area (Å²) < 4.78 is 0. The van der Waals surface area contributed by atoms with E-state index in [1.165, 1.54) is 38.5 Å². The minimum atomic E-state index is 0.136. The van der Waals surface area contributed by atoms with Crippen LogP contribution in [0.15, 0.2) is 0 Å². The van der Waals surface area contributed by atoms with Gasteiger partial charge in [-0.25, -0.2) is 4.98 Å². The van der Waals surface area contributed by atoms with Gasteiger partial charge >= 0.3 is 0 Å². The van der Waals surface area contributed by atoms with Crippen molar-refractivity contribution in [2.24, 2.45) is 5.92 Å². The zero-order valence-corrected chi connectivity index (χ0v) is 15.1. The van der Waals surface area contributed by atoms with Crippen molar-refractivity contribution in [3.8, 4) is 0 Å². The lowest BCUT2D eigenvalue weighted by Crippen LogP contribution is -2.41. The van der Waals surface area contributed by atoms with Gasteiger partial charge in [-0.05, 0) is 32.1 Å². The Morgan fingerprint density at radius 1 is 1.33 bits per heavy atom. The fraction of sp³-hybridized carbons (Fsp3) is 0.833. The summed E-state index contributed by atoms with van der Waals surface area (Å²) in [5.74, 6) is 2.27. The standard InChI is InChI=1S/C18H31N5O/c1-3-6-14-11-23(15-7-4-5-8-15)12-16(14)20-18(24)10-9-17-19-13(2)21-22-17/h14-16H,3-12H2,1-2H3,(H,20,24)(H,19,21,22)/t14-,16-/m0/s1. The molecule has 2 N–H and O–H groups in total. The van der Waals surface area contributed by atoms with Crippen LogP contribution in [0.1, 0.15) is 63.5 Å². The minimum absolute atomic E-state index is 0.136. The molecular formula is C18H31N5O. The molecule has 24 heavy (non-hydrogen) atoms. The predicted octanol–water partition coefficient (Wildman–Crippen LogP) is 2.21. The number of amides is 1. The summed E-state index contributed by atoms with van der Waals surface area (Å²) >= 11 is 0. The Bertz CT molecular complexity index is 537. The minimum Gasteiger partial charge on any atom is -0.352 e. The van der Waals surface area contributed by atoms with E-state index in [-0.39, 0.29) is 5.91 Å². The maximum absolute atomic E-state index is 12.4. The molecule has 0 spiro atoms. The van der Waals surface area contributed by atoms with Gasteiger partial charge in [0.2, 0.25) is 5.91 Å². The molecule has 1 amide bonds. The Labute approximate surface area is 144 Å². The van der Waals surface area contributed by atoms with Crippen LogP contribution in [0.5, 0.6) is 0 Å². The van der Waals surface area contributed by atoms with Gasteiger partial charge in [-0.15, -0.1) is 0 Å². The summed E-state index contributed by atoms with van der Waals surface area (Å²) in [5.41, 5.74) is 0. The molecule has 2 heterocycles. The molecule has 0 unspecified atom stereocenters.